The summed E-state index contributed by atoms with van der Waals surface area (Å²) in [6.45, 7) is 0. The third kappa shape index (κ3) is 5.82. The van der Waals surface area contributed by atoms with Gasteiger partial charge >= 0.3 is 0 Å². The molecule has 0 aliphatic heterocycles. The first-order chi connectivity index (χ1) is 9.54. The van der Waals surface area contributed by atoms with E-state index in [0.29, 0.717) is 0 Å². The number of halogens is 3. The van der Waals surface area contributed by atoms with Crippen LogP contribution in [0.15, 0.2) is 35.2 Å². The lowest BCUT2D eigenvalue weighted by atomic mass is 10.4. The maximum absolute atomic E-state index is 12.2. The smallest absolute Gasteiger partial charge is 0.242 e. The molecule has 0 amide bonds. The number of rotatable bonds is 4. The average Bonchev–Trinajstić information content (AvgIpc) is 2.37. The number of hydrogen-bond donors (Lipinski definition) is 3. The molecule has 1 aromatic rings. The molecule has 116 valence electrons. The Balaban J connectivity index is 3.02. The van der Waals surface area contributed by atoms with E-state index in [2.05, 4.69) is 22.3 Å². The molecule has 0 bridgehead atoms. The number of hydrogen-bond acceptors (Lipinski definition) is 4. The Morgan fingerprint density at radius 1 is 1.19 bits per heavy atom. The minimum Gasteiger partial charge on any atom is -0.388 e. The Bertz CT molecular complexity index is 632. The van der Waals surface area contributed by atoms with Crippen molar-refractivity contribution in [1.29, 1.82) is 0 Å². The number of benzene rings is 1. The molecule has 0 aromatic heterocycles. The molecule has 0 heterocycles. The monoisotopic (exact) mass is 405 g/mol. The fraction of sp³-hybridized carbons (Fsp3) is 0.200. The predicted octanol–water partition coefficient (Wildman–Crippen LogP) is 1.86. The molecule has 5 nitrogen and oxygen atoms in total. The van der Waals surface area contributed by atoms with Crippen molar-refractivity contribution in [2.45, 2.75) is 14.9 Å². The molecular formula is C10H10Cl3N3O2S3. The third-order valence-electron chi connectivity index (χ3n) is 2.15. The molecule has 0 aliphatic rings. The molecule has 0 aliphatic carbocycles. The van der Waals surface area contributed by atoms with Crippen molar-refractivity contribution < 1.29 is 8.42 Å². The highest BCUT2D eigenvalue weighted by molar-refractivity contribution is 7.89. The van der Waals surface area contributed by atoms with Crippen LogP contribution in [0.5, 0.6) is 0 Å². The van der Waals surface area contributed by atoms with Gasteiger partial charge in [0.1, 0.15) is 16.1 Å². The number of alkyl halides is 3. The summed E-state index contributed by atoms with van der Waals surface area (Å²) in [4.78, 5) is -0.243. The van der Waals surface area contributed by atoms with Crippen LogP contribution < -0.4 is 15.8 Å². The molecule has 21 heavy (non-hydrogen) atoms. The Morgan fingerprint density at radius 2 is 1.71 bits per heavy atom. The second-order valence-electron chi connectivity index (χ2n) is 3.75. The highest BCUT2D eigenvalue weighted by Gasteiger charge is 2.37. The normalized spacial score (nSPS) is 13.5. The summed E-state index contributed by atoms with van der Waals surface area (Å²) in [7, 11) is -3.92. The fourth-order valence-electron chi connectivity index (χ4n) is 1.20. The van der Waals surface area contributed by atoms with Crippen molar-refractivity contribution >= 4 is 79.2 Å². The zero-order chi connectivity index (χ0) is 16.3. The van der Waals surface area contributed by atoms with E-state index >= 15 is 0 Å². The van der Waals surface area contributed by atoms with Crippen LogP contribution in [-0.4, -0.2) is 28.4 Å². The first kappa shape index (κ1) is 18.8. The van der Waals surface area contributed by atoms with Crippen LogP contribution in [0.3, 0.4) is 0 Å². The Kier molecular flexibility index (Phi) is 6.60. The molecule has 0 spiro atoms. The summed E-state index contributed by atoms with van der Waals surface area (Å²) in [5.74, 6) is 0. The van der Waals surface area contributed by atoms with Gasteiger partial charge in [-0.05, 0) is 12.1 Å². The van der Waals surface area contributed by atoms with E-state index in [4.69, 9.17) is 52.8 Å². The second-order valence-corrected chi connectivity index (χ2v) is 8.68. The summed E-state index contributed by atoms with van der Waals surface area (Å²) in [5, 5.41) is 2.46. The minimum absolute atomic E-state index is 0.00675. The lowest BCUT2D eigenvalue weighted by Gasteiger charge is -2.27. The lowest BCUT2D eigenvalue weighted by Crippen LogP contribution is -2.56. The number of thiocarbonyl (C=S) groups is 2. The van der Waals surface area contributed by atoms with Gasteiger partial charge in [0.15, 0.2) is 0 Å². The van der Waals surface area contributed by atoms with Gasteiger partial charge in [-0.3, -0.25) is 0 Å². The molecule has 1 unspecified atom stereocenters. The molecule has 1 atom stereocenters. The lowest BCUT2D eigenvalue weighted by molar-refractivity contribution is 0.537. The van der Waals surface area contributed by atoms with E-state index in [9.17, 15) is 8.42 Å². The van der Waals surface area contributed by atoms with Crippen LogP contribution in [0.25, 0.3) is 0 Å². The van der Waals surface area contributed by atoms with Gasteiger partial charge in [-0.15, -0.1) is 0 Å². The van der Waals surface area contributed by atoms with Crippen LogP contribution in [0, 0.1) is 0 Å². The van der Waals surface area contributed by atoms with E-state index < -0.39 is 20.0 Å². The van der Waals surface area contributed by atoms with Gasteiger partial charge in [-0.1, -0.05) is 77.4 Å². The first-order valence-electron chi connectivity index (χ1n) is 5.28. The molecule has 1 rings (SSSR count). The molecule has 0 saturated carbocycles. The van der Waals surface area contributed by atoms with Crippen LogP contribution >= 0.6 is 59.2 Å². The van der Waals surface area contributed by atoms with Crippen LogP contribution in [0.4, 0.5) is 0 Å². The summed E-state index contributed by atoms with van der Waals surface area (Å²) in [6, 6.07) is 7.58. The Hall–Kier alpha value is -0.220. The average molecular weight is 407 g/mol. The zero-order valence-corrected chi connectivity index (χ0v) is 14.9. The molecular weight excluding hydrogens is 397 g/mol. The molecule has 0 radical (unpaired) electrons. The van der Waals surface area contributed by atoms with Crippen molar-refractivity contribution in [3.63, 3.8) is 0 Å². The van der Waals surface area contributed by atoms with E-state index in [1.165, 1.54) is 12.1 Å². The predicted molar refractivity (Wildman–Crippen MR) is 93.4 cm³/mol. The van der Waals surface area contributed by atoms with Gasteiger partial charge in [0, 0.05) is 0 Å². The Morgan fingerprint density at radius 3 is 2.14 bits per heavy atom. The fourth-order valence-corrected chi connectivity index (χ4v) is 3.10. The summed E-state index contributed by atoms with van der Waals surface area (Å²) < 4.78 is 24.6. The molecule has 4 N–H and O–H groups in total. The van der Waals surface area contributed by atoms with Crippen molar-refractivity contribution in [3.05, 3.63) is 30.3 Å². The number of nitrogens with one attached hydrogen (secondary N) is 2. The minimum atomic E-state index is -3.92. The quantitative estimate of drug-likeness (QED) is 0.402. The van der Waals surface area contributed by atoms with Gasteiger partial charge in [0.25, 0.3) is 0 Å². The summed E-state index contributed by atoms with van der Waals surface area (Å²) in [5.41, 5.74) is 5.32. The molecule has 1 aromatic carbocycles. The van der Waals surface area contributed by atoms with Crippen molar-refractivity contribution in [2.24, 2.45) is 5.73 Å². The van der Waals surface area contributed by atoms with Crippen LogP contribution in [0.1, 0.15) is 0 Å². The third-order valence-corrected chi connectivity index (χ3v) is 4.92. The van der Waals surface area contributed by atoms with Crippen molar-refractivity contribution in [3.8, 4) is 0 Å². The standard InChI is InChI=1S/C10H10Cl3N3O2S3/c11-10(12,13)9(15-8(20)7(14)19)16-21(17,18)6-4-2-1-3-5-6/h1-5,9,16H,(H2,14,19)(H,15,20). The van der Waals surface area contributed by atoms with Gasteiger partial charge in [0.2, 0.25) is 13.8 Å². The van der Waals surface area contributed by atoms with Gasteiger partial charge in [-0.25, -0.2) is 8.42 Å². The molecule has 11 heteroatoms. The highest BCUT2D eigenvalue weighted by atomic mass is 35.6. The van der Waals surface area contributed by atoms with Gasteiger partial charge in [-0.2, -0.15) is 4.72 Å². The second kappa shape index (κ2) is 7.36. The van der Waals surface area contributed by atoms with Gasteiger partial charge < -0.3 is 11.1 Å². The van der Waals surface area contributed by atoms with Crippen molar-refractivity contribution in [1.82, 2.24) is 10.0 Å². The van der Waals surface area contributed by atoms with E-state index in [1.807, 2.05) is 0 Å². The summed E-state index contributed by atoms with van der Waals surface area (Å²) in [6.07, 6.45) is -1.35. The summed E-state index contributed by atoms with van der Waals surface area (Å²) >= 11 is 26.7. The largest absolute Gasteiger partial charge is 0.388 e. The molecule has 0 saturated heterocycles. The maximum atomic E-state index is 12.2. The molecule has 0 fully saturated rings. The SMILES string of the molecule is NC(=S)C(=S)NC(NS(=O)(=O)c1ccccc1)C(Cl)(Cl)Cl. The van der Waals surface area contributed by atoms with E-state index in [-0.39, 0.29) is 14.9 Å². The number of nitrogens with two attached hydrogens (primary N) is 1. The maximum Gasteiger partial charge on any atom is 0.242 e. The zero-order valence-electron chi connectivity index (χ0n) is 10.2. The van der Waals surface area contributed by atoms with Gasteiger partial charge in [0.05, 0.1) is 4.90 Å². The van der Waals surface area contributed by atoms with E-state index in [0.717, 1.165) is 0 Å². The van der Waals surface area contributed by atoms with Crippen molar-refractivity contribution in [2.75, 3.05) is 0 Å². The topological polar surface area (TPSA) is 84.2 Å². The Labute approximate surface area is 148 Å². The highest BCUT2D eigenvalue weighted by Crippen LogP contribution is 2.30. The number of sulfonamides is 1. The van der Waals surface area contributed by atoms with Crippen LogP contribution in [0.2, 0.25) is 0 Å². The van der Waals surface area contributed by atoms with Crippen LogP contribution in [-0.2, 0) is 10.0 Å². The first-order valence-corrected chi connectivity index (χ1v) is 8.72. The van der Waals surface area contributed by atoms with E-state index in [1.54, 1.807) is 18.2 Å².